The highest BCUT2D eigenvalue weighted by Crippen LogP contribution is 2.13. The Hall–Kier alpha value is -2.24. The number of imidazole rings is 1. The summed E-state index contributed by atoms with van der Waals surface area (Å²) in [5.41, 5.74) is 0.775. The number of nitrogens with zero attached hydrogens (tertiary/aromatic N) is 1. The first kappa shape index (κ1) is 20.8. The minimum absolute atomic E-state index is 0.177. The largest absolute Gasteiger partial charge is 0.444 e. The van der Waals surface area contributed by atoms with Gasteiger partial charge in [0, 0.05) is 13.1 Å². The molecule has 1 amide bonds. The molecule has 130 valence electrons. The quantitative estimate of drug-likeness (QED) is 0.872. The van der Waals surface area contributed by atoms with E-state index in [0.717, 1.165) is 19.5 Å². The summed E-state index contributed by atoms with van der Waals surface area (Å²) in [5, 5.41) is 0. The zero-order valence-corrected chi connectivity index (χ0v) is 14.9. The van der Waals surface area contributed by atoms with Gasteiger partial charge in [0.15, 0.2) is 0 Å². The van der Waals surface area contributed by atoms with Gasteiger partial charge in [-0.3, -0.25) is 0 Å². The van der Waals surface area contributed by atoms with Crippen LogP contribution in [0.2, 0.25) is 0 Å². The molecular formula is C17H29N3O3. The van der Waals surface area contributed by atoms with E-state index in [4.69, 9.17) is 4.74 Å². The minimum Gasteiger partial charge on any atom is -0.444 e. The highest BCUT2D eigenvalue weighted by Gasteiger charge is 2.25. The normalized spacial score (nSPS) is 12.7. The first-order valence-electron chi connectivity index (χ1n) is 7.82. The lowest BCUT2D eigenvalue weighted by atomic mass is 10.2. The Morgan fingerprint density at radius 3 is 1.83 bits per heavy atom. The molecule has 0 aliphatic carbocycles. The van der Waals surface area contributed by atoms with Crippen molar-refractivity contribution in [2.24, 2.45) is 0 Å². The summed E-state index contributed by atoms with van der Waals surface area (Å²) in [7, 11) is 0. The topological polar surface area (TPSA) is 78.2 Å². The molecular weight excluding hydrogens is 294 g/mol. The molecule has 6 heteroatoms. The lowest BCUT2D eigenvalue weighted by molar-refractivity contribution is 0.0131. The second-order valence-corrected chi connectivity index (χ2v) is 5.64. The van der Waals surface area contributed by atoms with Crippen LogP contribution in [0.25, 0.3) is 12.2 Å². The van der Waals surface area contributed by atoms with Crippen molar-refractivity contribution < 1.29 is 9.53 Å². The van der Waals surface area contributed by atoms with Crippen molar-refractivity contribution in [1.29, 1.82) is 0 Å². The Morgan fingerprint density at radius 1 is 1.13 bits per heavy atom. The second kappa shape index (κ2) is 9.71. The zero-order valence-electron chi connectivity index (χ0n) is 14.9. The van der Waals surface area contributed by atoms with E-state index in [0.29, 0.717) is 11.4 Å². The Balaban J connectivity index is 0.000000381. The SMILES string of the molecule is C=Cc1[nH]c(=O)[nH]c1C=C.CC.CC(C)(C)OC(=O)N1CCC1. The molecule has 23 heavy (non-hydrogen) atoms. The van der Waals surface area contributed by atoms with Crippen LogP contribution in [0.3, 0.4) is 0 Å². The van der Waals surface area contributed by atoms with Crippen LogP contribution in [0, 0.1) is 0 Å². The van der Waals surface area contributed by atoms with E-state index in [1.165, 1.54) is 0 Å². The van der Waals surface area contributed by atoms with Crippen LogP contribution in [0.15, 0.2) is 18.0 Å². The number of aromatic amines is 2. The molecule has 0 bridgehead atoms. The number of carbonyl (C=O) groups excluding carboxylic acids is 1. The number of hydrogen-bond donors (Lipinski definition) is 2. The number of nitrogens with one attached hydrogen (secondary N) is 2. The van der Waals surface area contributed by atoms with Crippen LogP contribution >= 0.6 is 0 Å². The molecule has 1 aliphatic rings. The second-order valence-electron chi connectivity index (χ2n) is 5.64. The van der Waals surface area contributed by atoms with E-state index in [9.17, 15) is 9.59 Å². The molecule has 0 aromatic carbocycles. The first-order chi connectivity index (χ1) is 10.8. The van der Waals surface area contributed by atoms with Crippen molar-refractivity contribution in [3.05, 3.63) is 35.0 Å². The first-order valence-corrected chi connectivity index (χ1v) is 7.82. The highest BCUT2D eigenvalue weighted by atomic mass is 16.6. The molecule has 1 saturated heterocycles. The number of likely N-dealkylation sites (tertiary alicyclic amines) is 1. The van der Waals surface area contributed by atoms with Gasteiger partial charge < -0.3 is 19.6 Å². The van der Waals surface area contributed by atoms with Crippen molar-refractivity contribution in [2.45, 2.75) is 46.6 Å². The predicted octanol–water partition coefficient (Wildman–Crippen LogP) is 3.64. The maximum absolute atomic E-state index is 11.1. The molecule has 1 aromatic rings. The van der Waals surface area contributed by atoms with Gasteiger partial charge in [-0.25, -0.2) is 9.59 Å². The van der Waals surface area contributed by atoms with Crippen LogP contribution in [-0.4, -0.2) is 39.7 Å². The third kappa shape index (κ3) is 7.54. The average Bonchev–Trinajstić information content (AvgIpc) is 2.78. The van der Waals surface area contributed by atoms with E-state index in [2.05, 4.69) is 23.1 Å². The molecule has 6 nitrogen and oxygen atoms in total. The number of aromatic nitrogens is 2. The fourth-order valence-corrected chi connectivity index (χ4v) is 1.56. The van der Waals surface area contributed by atoms with Crippen molar-refractivity contribution in [3.63, 3.8) is 0 Å². The Kier molecular flexibility index (Phi) is 8.77. The number of ether oxygens (including phenoxy) is 1. The molecule has 0 unspecified atom stereocenters. The van der Waals surface area contributed by atoms with Gasteiger partial charge in [-0.15, -0.1) is 0 Å². The summed E-state index contributed by atoms with van der Waals surface area (Å²) >= 11 is 0. The van der Waals surface area contributed by atoms with Crippen molar-refractivity contribution in [2.75, 3.05) is 13.1 Å². The molecule has 1 aromatic heterocycles. The summed E-state index contributed by atoms with van der Waals surface area (Å²) in [5.74, 6) is 0. The van der Waals surface area contributed by atoms with Crippen molar-refractivity contribution in [3.8, 4) is 0 Å². The van der Waals surface area contributed by atoms with Gasteiger partial charge in [-0.1, -0.05) is 27.0 Å². The number of carbonyl (C=O) groups is 1. The van der Waals surface area contributed by atoms with Gasteiger partial charge in [0.1, 0.15) is 5.60 Å². The van der Waals surface area contributed by atoms with Gasteiger partial charge in [0.2, 0.25) is 0 Å². The Bertz CT molecular complexity index is 532. The highest BCUT2D eigenvalue weighted by molar-refractivity contribution is 5.68. The van der Waals surface area contributed by atoms with Crippen LogP contribution < -0.4 is 5.69 Å². The van der Waals surface area contributed by atoms with Crippen molar-refractivity contribution >= 4 is 18.2 Å². The number of amides is 1. The molecule has 0 radical (unpaired) electrons. The van der Waals surface area contributed by atoms with Crippen LogP contribution in [0.5, 0.6) is 0 Å². The summed E-state index contributed by atoms with van der Waals surface area (Å²) < 4.78 is 5.13. The van der Waals surface area contributed by atoms with E-state index in [1.54, 1.807) is 17.1 Å². The lowest BCUT2D eigenvalue weighted by Crippen LogP contribution is -2.44. The van der Waals surface area contributed by atoms with Crippen LogP contribution in [0.4, 0.5) is 4.79 Å². The summed E-state index contributed by atoms with van der Waals surface area (Å²) in [6.07, 6.45) is 4.06. The molecule has 2 rings (SSSR count). The number of H-pyrrole nitrogens is 2. The summed E-state index contributed by atoms with van der Waals surface area (Å²) in [6.45, 7) is 18.4. The molecule has 0 spiro atoms. The van der Waals surface area contributed by atoms with Gasteiger partial charge >= 0.3 is 11.8 Å². The standard InChI is InChI=1S/C8H15NO2.C7H8N2O.C2H6/c1-8(2,3)11-7(10)9-5-4-6-9;1-3-5-6(4-2)9-7(10)8-5;1-2/h4-6H2,1-3H3;3-4H,1-2H2,(H2,8,9,10);1-2H3. The molecule has 0 atom stereocenters. The zero-order chi connectivity index (χ0) is 18.0. The summed E-state index contributed by atoms with van der Waals surface area (Å²) in [6, 6.07) is 0. The van der Waals surface area contributed by atoms with E-state index < -0.39 is 0 Å². The van der Waals surface area contributed by atoms with Gasteiger partial charge in [-0.05, 0) is 39.3 Å². The smallest absolute Gasteiger partial charge is 0.410 e. The monoisotopic (exact) mass is 323 g/mol. The fraction of sp³-hybridized carbons (Fsp3) is 0.529. The van der Waals surface area contributed by atoms with E-state index in [-0.39, 0.29) is 17.4 Å². The van der Waals surface area contributed by atoms with E-state index >= 15 is 0 Å². The fourth-order valence-electron chi connectivity index (χ4n) is 1.56. The minimum atomic E-state index is -0.354. The third-order valence-electron chi connectivity index (χ3n) is 2.70. The molecule has 1 aliphatic heterocycles. The maximum atomic E-state index is 11.1. The number of rotatable bonds is 2. The van der Waals surface area contributed by atoms with Crippen LogP contribution in [0.1, 0.15) is 52.4 Å². The van der Waals surface area contributed by atoms with Gasteiger partial charge in [0.25, 0.3) is 0 Å². The van der Waals surface area contributed by atoms with Crippen molar-refractivity contribution in [1.82, 2.24) is 14.9 Å². The predicted molar refractivity (Wildman–Crippen MR) is 95.4 cm³/mol. The molecule has 1 fully saturated rings. The van der Waals surface area contributed by atoms with Gasteiger partial charge in [0.05, 0.1) is 11.4 Å². The third-order valence-corrected chi connectivity index (χ3v) is 2.70. The number of hydrogen-bond acceptors (Lipinski definition) is 3. The van der Waals surface area contributed by atoms with E-state index in [1.807, 2.05) is 34.6 Å². The Labute approximate surface area is 138 Å². The Morgan fingerprint density at radius 2 is 1.57 bits per heavy atom. The molecule has 2 heterocycles. The van der Waals surface area contributed by atoms with Gasteiger partial charge in [-0.2, -0.15) is 0 Å². The molecule has 2 N–H and O–H groups in total. The average molecular weight is 323 g/mol. The molecule has 0 saturated carbocycles. The summed E-state index contributed by atoms with van der Waals surface area (Å²) in [4.78, 5) is 28.6. The maximum Gasteiger partial charge on any atom is 0.410 e. The lowest BCUT2D eigenvalue weighted by Gasteiger charge is -2.32. The van der Waals surface area contributed by atoms with Crippen LogP contribution in [-0.2, 0) is 4.74 Å².